The molecule has 1 aromatic heterocycles. The van der Waals surface area contributed by atoms with Crippen LogP contribution in [0.15, 0.2) is 54.9 Å². The number of ether oxygens (including phenoxy) is 1. The SMILES string of the molecule is COc1ccc(CC(=O)N2CCC3(CC2)CN(C2CCc4cc(-c5ncccn5)ccc42)C3)c(NC(C)=O)c1. The van der Waals surface area contributed by atoms with Crippen LogP contribution in [0, 0.1) is 5.41 Å². The molecule has 6 rings (SSSR count). The fourth-order valence-electron chi connectivity index (χ4n) is 6.56. The van der Waals surface area contributed by atoms with Gasteiger partial charge in [-0.2, -0.15) is 0 Å². The summed E-state index contributed by atoms with van der Waals surface area (Å²) in [6, 6.07) is 14.5. The van der Waals surface area contributed by atoms with E-state index in [1.165, 1.54) is 18.1 Å². The van der Waals surface area contributed by atoms with Gasteiger partial charge < -0.3 is 15.0 Å². The largest absolute Gasteiger partial charge is 0.497 e. The van der Waals surface area contributed by atoms with E-state index >= 15 is 0 Å². The van der Waals surface area contributed by atoms with Crippen molar-refractivity contribution in [2.45, 2.75) is 45.1 Å². The van der Waals surface area contributed by atoms with Gasteiger partial charge >= 0.3 is 0 Å². The van der Waals surface area contributed by atoms with Crippen molar-refractivity contribution >= 4 is 17.5 Å². The molecule has 1 spiro atoms. The van der Waals surface area contributed by atoms with Crippen molar-refractivity contribution in [3.63, 3.8) is 0 Å². The molecule has 202 valence electrons. The predicted molar refractivity (Wildman–Crippen MR) is 149 cm³/mol. The van der Waals surface area contributed by atoms with E-state index in [-0.39, 0.29) is 18.2 Å². The molecule has 0 saturated carbocycles. The van der Waals surface area contributed by atoms with Gasteiger partial charge in [-0.15, -0.1) is 0 Å². The number of rotatable bonds is 6. The maximum atomic E-state index is 13.2. The Morgan fingerprint density at radius 1 is 1.08 bits per heavy atom. The first-order valence-electron chi connectivity index (χ1n) is 13.8. The Bertz CT molecular complexity index is 1380. The van der Waals surface area contributed by atoms with Crippen LogP contribution >= 0.6 is 0 Å². The monoisotopic (exact) mass is 525 g/mol. The van der Waals surface area contributed by atoms with E-state index in [0.717, 1.165) is 68.8 Å². The summed E-state index contributed by atoms with van der Waals surface area (Å²) in [5.74, 6) is 1.38. The number of carbonyl (C=O) groups is 2. The van der Waals surface area contributed by atoms with Gasteiger partial charge in [-0.3, -0.25) is 14.5 Å². The molecule has 1 aliphatic carbocycles. The zero-order chi connectivity index (χ0) is 27.0. The minimum atomic E-state index is -0.165. The van der Waals surface area contributed by atoms with Crippen LogP contribution in [0.2, 0.25) is 0 Å². The summed E-state index contributed by atoms with van der Waals surface area (Å²) < 4.78 is 5.29. The molecule has 0 bridgehead atoms. The predicted octanol–water partition coefficient (Wildman–Crippen LogP) is 4.27. The van der Waals surface area contributed by atoms with E-state index in [0.29, 0.717) is 22.9 Å². The second kappa shape index (κ2) is 10.4. The molecule has 2 fully saturated rings. The Hall–Kier alpha value is -3.78. The number of amides is 2. The molecule has 1 N–H and O–H groups in total. The Balaban J connectivity index is 1.04. The van der Waals surface area contributed by atoms with E-state index in [1.54, 1.807) is 25.6 Å². The van der Waals surface area contributed by atoms with E-state index in [4.69, 9.17) is 4.74 Å². The lowest BCUT2D eigenvalue weighted by molar-refractivity contribution is -0.136. The molecule has 3 aliphatic rings. The first-order valence-corrected chi connectivity index (χ1v) is 13.8. The molecular weight excluding hydrogens is 490 g/mol. The molecule has 3 aromatic rings. The summed E-state index contributed by atoms with van der Waals surface area (Å²) in [5, 5.41) is 2.84. The van der Waals surface area contributed by atoms with Crippen LogP contribution < -0.4 is 10.1 Å². The normalized spacial score (nSPS) is 19.8. The first-order chi connectivity index (χ1) is 18.9. The maximum absolute atomic E-state index is 13.2. The quantitative estimate of drug-likeness (QED) is 0.517. The van der Waals surface area contributed by atoms with Gasteiger partial charge in [-0.25, -0.2) is 9.97 Å². The number of aryl methyl sites for hydroxylation is 1. The Labute approximate surface area is 229 Å². The van der Waals surface area contributed by atoms with Crippen LogP contribution in [0.5, 0.6) is 5.75 Å². The molecule has 2 amide bonds. The van der Waals surface area contributed by atoms with Crippen molar-refractivity contribution in [3.8, 4) is 17.1 Å². The number of likely N-dealkylation sites (tertiary alicyclic amines) is 2. The number of hydrogen-bond acceptors (Lipinski definition) is 6. The fraction of sp³-hybridized carbons (Fsp3) is 0.419. The average Bonchev–Trinajstić information content (AvgIpc) is 3.36. The smallest absolute Gasteiger partial charge is 0.227 e. The highest BCUT2D eigenvalue weighted by molar-refractivity contribution is 5.91. The van der Waals surface area contributed by atoms with Gasteiger partial charge in [0.25, 0.3) is 0 Å². The Kier molecular flexibility index (Phi) is 6.81. The maximum Gasteiger partial charge on any atom is 0.227 e. The van der Waals surface area contributed by atoms with Crippen molar-refractivity contribution in [1.29, 1.82) is 0 Å². The van der Waals surface area contributed by atoms with Crippen LogP contribution in [0.4, 0.5) is 5.69 Å². The van der Waals surface area contributed by atoms with E-state index in [1.807, 2.05) is 23.1 Å². The van der Waals surface area contributed by atoms with Crippen molar-refractivity contribution < 1.29 is 14.3 Å². The minimum Gasteiger partial charge on any atom is -0.497 e. The lowest BCUT2D eigenvalue weighted by Gasteiger charge is -2.56. The highest BCUT2D eigenvalue weighted by atomic mass is 16.5. The highest BCUT2D eigenvalue weighted by Gasteiger charge is 2.48. The number of nitrogens with one attached hydrogen (secondary N) is 1. The van der Waals surface area contributed by atoms with Crippen molar-refractivity contribution in [1.82, 2.24) is 19.8 Å². The Morgan fingerprint density at radius 2 is 1.85 bits per heavy atom. The van der Waals surface area contributed by atoms with E-state index in [2.05, 4.69) is 38.4 Å². The fourth-order valence-corrected chi connectivity index (χ4v) is 6.56. The molecule has 1 unspecified atom stereocenters. The van der Waals surface area contributed by atoms with Crippen LogP contribution in [0.25, 0.3) is 11.4 Å². The lowest BCUT2D eigenvalue weighted by Crippen LogP contribution is -2.61. The zero-order valence-corrected chi connectivity index (χ0v) is 22.7. The number of aromatic nitrogens is 2. The van der Waals surface area contributed by atoms with Gasteiger partial charge in [-0.05, 0) is 66.0 Å². The molecule has 39 heavy (non-hydrogen) atoms. The summed E-state index contributed by atoms with van der Waals surface area (Å²) in [6.45, 7) is 5.26. The Morgan fingerprint density at radius 3 is 2.56 bits per heavy atom. The standard InChI is InChI=1S/C31H35N5O3/c1-21(37)34-27-18-25(39-2)7-4-23(27)17-29(38)35-14-10-31(11-15-35)19-36(20-31)28-9-6-22-16-24(5-8-26(22)28)30-32-12-3-13-33-30/h3-5,7-8,12-13,16,18,28H,6,9-11,14-15,17,19-20H2,1-2H3,(H,34,37). The number of methoxy groups -OCH3 is 1. The van der Waals surface area contributed by atoms with Gasteiger partial charge in [0.1, 0.15) is 5.75 Å². The number of hydrogen-bond donors (Lipinski definition) is 1. The van der Waals surface area contributed by atoms with Gasteiger partial charge in [0.15, 0.2) is 5.82 Å². The number of carbonyl (C=O) groups excluding carboxylic acids is 2. The highest BCUT2D eigenvalue weighted by Crippen LogP contribution is 2.48. The number of piperidine rings is 1. The van der Waals surface area contributed by atoms with Crippen LogP contribution in [0.1, 0.15) is 48.9 Å². The lowest BCUT2D eigenvalue weighted by atomic mass is 9.71. The number of nitrogens with zero attached hydrogens (tertiary/aromatic N) is 4. The summed E-state index contributed by atoms with van der Waals surface area (Å²) in [6.07, 6.45) is 8.19. The molecule has 8 nitrogen and oxygen atoms in total. The molecule has 2 aliphatic heterocycles. The summed E-state index contributed by atoms with van der Waals surface area (Å²) in [7, 11) is 1.59. The second-order valence-electron chi connectivity index (χ2n) is 11.2. The minimum absolute atomic E-state index is 0.112. The first kappa shape index (κ1) is 25.5. The molecule has 1 atom stereocenters. The summed E-state index contributed by atoms with van der Waals surface area (Å²) >= 11 is 0. The van der Waals surface area contributed by atoms with Gasteiger partial charge in [0.2, 0.25) is 11.8 Å². The zero-order valence-electron chi connectivity index (χ0n) is 22.7. The third-order valence-electron chi connectivity index (χ3n) is 8.68. The van der Waals surface area contributed by atoms with Gasteiger partial charge in [0, 0.05) is 68.9 Å². The van der Waals surface area contributed by atoms with Crippen molar-refractivity contribution in [2.75, 3.05) is 38.6 Å². The number of anilines is 1. The van der Waals surface area contributed by atoms with E-state index < -0.39 is 0 Å². The number of fused-ring (bicyclic) bond motifs is 1. The topological polar surface area (TPSA) is 87.7 Å². The third kappa shape index (κ3) is 5.13. The van der Waals surface area contributed by atoms with Gasteiger partial charge in [0.05, 0.1) is 13.5 Å². The third-order valence-corrected chi connectivity index (χ3v) is 8.68. The summed E-state index contributed by atoms with van der Waals surface area (Å²) in [5.41, 5.74) is 5.73. The van der Waals surface area contributed by atoms with Crippen molar-refractivity contribution in [2.24, 2.45) is 5.41 Å². The molecular formula is C31H35N5O3. The van der Waals surface area contributed by atoms with E-state index in [9.17, 15) is 9.59 Å². The van der Waals surface area contributed by atoms with Crippen LogP contribution in [-0.2, 0) is 22.4 Å². The molecule has 8 heteroatoms. The van der Waals surface area contributed by atoms with Crippen LogP contribution in [0.3, 0.4) is 0 Å². The molecule has 0 radical (unpaired) electrons. The molecule has 2 saturated heterocycles. The second-order valence-corrected chi connectivity index (χ2v) is 11.2. The molecule has 3 heterocycles. The average molecular weight is 526 g/mol. The summed E-state index contributed by atoms with van der Waals surface area (Å²) in [4.78, 5) is 38.3. The van der Waals surface area contributed by atoms with Gasteiger partial charge in [-0.1, -0.05) is 18.2 Å². The van der Waals surface area contributed by atoms with Crippen molar-refractivity contribution in [3.05, 3.63) is 71.5 Å². The number of benzene rings is 2. The van der Waals surface area contributed by atoms with Crippen LogP contribution in [-0.4, -0.2) is 64.9 Å². The molecule has 2 aromatic carbocycles.